The summed E-state index contributed by atoms with van der Waals surface area (Å²) in [7, 11) is 0. The van der Waals surface area contributed by atoms with Crippen LogP contribution in [0.3, 0.4) is 0 Å². The Hall–Kier alpha value is -3.37. The van der Waals surface area contributed by atoms with Crippen molar-refractivity contribution in [2.75, 3.05) is 13.1 Å². The molecule has 1 aliphatic heterocycles. The van der Waals surface area contributed by atoms with Gasteiger partial charge in [0.2, 0.25) is 0 Å². The molecule has 30 heavy (non-hydrogen) atoms. The molecule has 4 aromatic rings. The lowest BCUT2D eigenvalue weighted by Gasteiger charge is -2.34. The molecule has 4 heteroatoms. The fourth-order valence-electron chi connectivity index (χ4n) is 4.30. The summed E-state index contributed by atoms with van der Waals surface area (Å²) in [6.45, 7) is 2.29. The zero-order chi connectivity index (χ0) is 20.3. The Morgan fingerprint density at radius 2 is 1.73 bits per heavy atom. The van der Waals surface area contributed by atoms with Crippen molar-refractivity contribution in [3.05, 3.63) is 108 Å². The minimum atomic E-state index is -0.0604. The zero-order valence-electron chi connectivity index (χ0n) is 16.8. The second-order valence-corrected chi connectivity index (χ2v) is 7.79. The Morgan fingerprint density at radius 1 is 0.933 bits per heavy atom. The molecule has 0 spiro atoms. The third kappa shape index (κ3) is 3.74. The highest BCUT2D eigenvalue weighted by molar-refractivity contribution is 5.98. The monoisotopic (exact) mass is 396 g/mol. The molecule has 1 unspecified atom stereocenters. The van der Waals surface area contributed by atoms with Gasteiger partial charge in [-0.1, -0.05) is 54.6 Å². The number of fused-ring (bicyclic) bond motifs is 2. The molecule has 0 saturated heterocycles. The second kappa shape index (κ2) is 8.17. The van der Waals surface area contributed by atoms with E-state index < -0.39 is 0 Å². The smallest absolute Gasteiger partial charge is 0.251 e. The van der Waals surface area contributed by atoms with Crippen LogP contribution in [0.15, 0.2) is 89.5 Å². The number of nitrogens with zero attached hydrogens (tertiary/aromatic N) is 1. The Labute approximate surface area is 176 Å². The summed E-state index contributed by atoms with van der Waals surface area (Å²) in [5, 5.41) is 5.34. The van der Waals surface area contributed by atoms with E-state index in [1.807, 2.05) is 48.5 Å². The van der Waals surface area contributed by atoms with Crippen LogP contribution in [-0.4, -0.2) is 23.9 Å². The summed E-state index contributed by atoms with van der Waals surface area (Å²) in [6.07, 6.45) is 2.71. The van der Waals surface area contributed by atoms with Crippen molar-refractivity contribution in [2.24, 2.45) is 0 Å². The van der Waals surface area contributed by atoms with E-state index in [9.17, 15) is 4.79 Å². The summed E-state index contributed by atoms with van der Waals surface area (Å²) in [5.74, 6) is 0.822. The third-order valence-electron chi connectivity index (χ3n) is 5.94. The summed E-state index contributed by atoms with van der Waals surface area (Å²) >= 11 is 0. The third-order valence-corrected chi connectivity index (χ3v) is 5.94. The van der Waals surface area contributed by atoms with Gasteiger partial charge in [0.1, 0.15) is 5.76 Å². The predicted molar refractivity (Wildman–Crippen MR) is 118 cm³/mol. The van der Waals surface area contributed by atoms with Crippen LogP contribution >= 0.6 is 0 Å². The van der Waals surface area contributed by atoms with Gasteiger partial charge in [-0.3, -0.25) is 9.69 Å². The molecule has 4 nitrogen and oxygen atoms in total. The van der Waals surface area contributed by atoms with E-state index in [0.29, 0.717) is 12.1 Å². The molecule has 150 valence electrons. The van der Waals surface area contributed by atoms with Gasteiger partial charge in [-0.2, -0.15) is 0 Å². The number of amides is 1. The van der Waals surface area contributed by atoms with Crippen LogP contribution in [0.25, 0.3) is 10.8 Å². The molecule has 0 saturated carbocycles. The molecule has 1 N–H and O–H groups in total. The molecule has 1 amide bonds. The maximum absolute atomic E-state index is 12.9. The van der Waals surface area contributed by atoms with Gasteiger partial charge in [0.15, 0.2) is 0 Å². The van der Waals surface area contributed by atoms with Crippen molar-refractivity contribution in [2.45, 2.75) is 19.0 Å². The molecule has 1 atom stereocenters. The number of hydrogen-bond acceptors (Lipinski definition) is 3. The number of furan rings is 1. The van der Waals surface area contributed by atoms with Gasteiger partial charge >= 0.3 is 0 Å². The fourth-order valence-corrected chi connectivity index (χ4v) is 4.30. The van der Waals surface area contributed by atoms with Crippen LogP contribution in [0.1, 0.15) is 33.3 Å². The lowest BCUT2D eigenvalue weighted by atomic mass is 9.98. The maximum Gasteiger partial charge on any atom is 0.251 e. The highest BCUT2D eigenvalue weighted by atomic mass is 16.3. The first-order valence-corrected chi connectivity index (χ1v) is 10.4. The van der Waals surface area contributed by atoms with Crippen LogP contribution in [-0.2, 0) is 13.0 Å². The summed E-state index contributed by atoms with van der Waals surface area (Å²) in [4.78, 5) is 15.3. The van der Waals surface area contributed by atoms with Gasteiger partial charge in [-0.15, -0.1) is 0 Å². The molecule has 1 aromatic heterocycles. The Balaban J connectivity index is 1.34. The van der Waals surface area contributed by atoms with E-state index in [4.69, 9.17) is 4.42 Å². The minimum absolute atomic E-state index is 0.00207. The zero-order valence-corrected chi connectivity index (χ0v) is 16.8. The average molecular weight is 396 g/mol. The first kappa shape index (κ1) is 18.6. The van der Waals surface area contributed by atoms with Crippen LogP contribution in [0, 0.1) is 0 Å². The first-order chi connectivity index (χ1) is 14.8. The lowest BCUT2D eigenvalue weighted by molar-refractivity contribution is 0.0919. The van der Waals surface area contributed by atoms with Crippen LogP contribution in [0.2, 0.25) is 0 Å². The molecule has 5 rings (SSSR count). The Kier molecular flexibility index (Phi) is 5.08. The molecule has 0 radical (unpaired) electrons. The molecule has 0 fully saturated rings. The lowest BCUT2D eigenvalue weighted by Crippen LogP contribution is -2.40. The number of carbonyl (C=O) groups excluding carboxylic acids is 1. The largest absolute Gasteiger partial charge is 0.468 e. The van der Waals surface area contributed by atoms with E-state index in [0.717, 1.165) is 36.0 Å². The fraction of sp³-hybridized carbons (Fsp3) is 0.192. The normalized spacial score (nSPS) is 14.9. The van der Waals surface area contributed by atoms with Crippen molar-refractivity contribution in [3.63, 3.8) is 0 Å². The molecule has 2 heterocycles. The van der Waals surface area contributed by atoms with E-state index in [1.165, 1.54) is 11.1 Å². The van der Waals surface area contributed by atoms with Crippen molar-refractivity contribution in [1.82, 2.24) is 10.2 Å². The van der Waals surface area contributed by atoms with Crippen molar-refractivity contribution in [3.8, 4) is 0 Å². The SMILES string of the molecule is O=C(NCC(c1ccco1)N1CCc2ccccc2C1)c1ccc2ccccc2c1. The van der Waals surface area contributed by atoms with Crippen LogP contribution in [0.5, 0.6) is 0 Å². The predicted octanol–water partition coefficient (Wildman–Crippen LogP) is 4.96. The van der Waals surface area contributed by atoms with Gasteiger partial charge in [0, 0.05) is 25.2 Å². The summed E-state index contributed by atoms with van der Waals surface area (Å²) in [6, 6.07) is 26.4. The van der Waals surface area contributed by atoms with E-state index in [2.05, 4.69) is 40.5 Å². The Morgan fingerprint density at radius 3 is 2.57 bits per heavy atom. The van der Waals surface area contributed by atoms with Gasteiger partial charge < -0.3 is 9.73 Å². The van der Waals surface area contributed by atoms with Crippen molar-refractivity contribution in [1.29, 1.82) is 0 Å². The number of hydrogen-bond donors (Lipinski definition) is 1. The minimum Gasteiger partial charge on any atom is -0.468 e. The molecule has 1 aliphatic rings. The van der Waals surface area contributed by atoms with E-state index >= 15 is 0 Å². The van der Waals surface area contributed by atoms with Crippen LogP contribution < -0.4 is 5.32 Å². The summed E-state index contributed by atoms with van der Waals surface area (Å²) < 4.78 is 5.74. The molecule has 0 aliphatic carbocycles. The van der Waals surface area contributed by atoms with Crippen molar-refractivity contribution < 1.29 is 9.21 Å². The van der Waals surface area contributed by atoms with Gasteiger partial charge in [0.05, 0.1) is 12.3 Å². The number of rotatable bonds is 5. The maximum atomic E-state index is 12.9. The standard InChI is InChI=1S/C26H24N2O2/c29-26(22-12-11-19-6-1-3-8-21(19)16-22)27-17-24(25-10-5-15-30-25)28-14-13-20-7-2-4-9-23(20)18-28/h1-12,15-16,24H,13-14,17-18H2,(H,27,29). The van der Waals surface area contributed by atoms with Gasteiger partial charge in [0.25, 0.3) is 5.91 Å². The molecular formula is C26H24N2O2. The first-order valence-electron chi connectivity index (χ1n) is 10.4. The summed E-state index contributed by atoms with van der Waals surface area (Å²) in [5.41, 5.74) is 3.43. The van der Waals surface area contributed by atoms with E-state index in [1.54, 1.807) is 6.26 Å². The number of carbonyl (C=O) groups is 1. The average Bonchev–Trinajstić information content (AvgIpc) is 3.33. The Bertz CT molecular complexity index is 1170. The van der Waals surface area contributed by atoms with Gasteiger partial charge in [-0.25, -0.2) is 0 Å². The van der Waals surface area contributed by atoms with Gasteiger partial charge in [-0.05, 0) is 52.6 Å². The molecule has 3 aromatic carbocycles. The number of benzene rings is 3. The topological polar surface area (TPSA) is 45.5 Å². The number of nitrogens with one attached hydrogen (secondary N) is 1. The molecule has 0 bridgehead atoms. The quantitative estimate of drug-likeness (QED) is 0.518. The highest BCUT2D eigenvalue weighted by Crippen LogP contribution is 2.28. The van der Waals surface area contributed by atoms with Crippen LogP contribution in [0.4, 0.5) is 0 Å². The molecular weight excluding hydrogens is 372 g/mol. The second-order valence-electron chi connectivity index (χ2n) is 7.79. The highest BCUT2D eigenvalue weighted by Gasteiger charge is 2.27. The van der Waals surface area contributed by atoms with Crippen molar-refractivity contribution >= 4 is 16.7 Å². The van der Waals surface area contributed by atoms with E-state index in [-0.39, 0.29) is 11.9 Å².